The lowest BCUT2D eigenvalue weighted by atomic mass is 10.5. The first kappa shape index (κ1) is 10.8. The maximum atomic E-state index is 8.67. The minimum Gasteiger partial charge on any atom is -0.395 e. The van der Waals surface area contributed by atoms with Gasteiger partial charge in [0.25, 0.3) is 0 Å². The van der Waals surface area contributed by atoms with Crippen molar-refractivity contribution < 1.29 is 9.84 Å². The molecule has 4 N–H and O–H groups in total. The third-order valence-electron chi connectivity index (χ3n) is 1.78. The van der Waals surface area contributed by atoms with E-state index >= 15 is 0 Å². The molecule has 6 heteroatoms. The predicted octanol–water partition coefficient (Wildman–Crippen LogP) is -0.484. The number of hydrogen-bond acceptors (Lipinski definition) is 5. The third-order valence-corrected chi connectivity index (χ3v) is 1.78. The summed E-state index contributed by atoms with van der Waals surface area (Å²) in [7, 11) is 1.63. The van der Waals surface area contributed by atoms with Crippen molar-refractivity contribution in [3.63, 3.8) is 0 Å². The molecule has 0 saturated heterocycles. The van der Waals surface area contributed by atoms with Gasteiger partial charge in [0.05, 0.1) is 31.6 Å². The van der Waals surface area contributed by atoms with E-state index in [1.165, 1.54) is 0 Å². The van der Waals surface area contributed by atoms with Crippen LogP contribution in [0.25, 0.3) is 0 Å². The molecule has 6 nitrogen and oxygen atoms in total. The average molecular weight is 200 g/mol. The molecule has 0 aromatic carbocycles. The molecule has 0 atom stereocenters. The van der Waals surface area contributed by atoms with Crippen LogP contribution in [0.2, 0.25) is 0 Å². The minimum absolute atomic E-state index is 0.0644. The number of anilines is 2. The lowest BCUT2D eigenvalue weighted by Gasteiger charge is -2.08. The second kappa shape index (κ2) is 5.46. The summed E-state index contributed by atoms with van der Waals surface area (Å²) in [5, 5.41) is 15.7. The summed E-state index contributed by atoms with van der Waals surface area (Å²) < 4.78 is 6.65. The molecule has 0 fully saturated rings. The lowest BCUT2D eigenvalue weighted by molar-refractivity contribution is 0.184. The van der Waals surface area contributed by atoms with Gasteiger partial charge in [-0.2, -0.15) is 5.10 Å². The molecule has 0 bridgehead atoms. The van der Waals surface area contributed by atoms with Crippen molar-refractivity contribution in [1.82, 2.24) is 9.78 Å². The van der Waals surface area contributed by atoms with Crippen LogP contribution in [0.5, 0.6) is 0 Å². The molecule has 1 rings (SSSR count). The molecule has 1 aromatic rings. The average Bonchev–Trinajstić information content (AvgIpc) is 2.53. The van der Waals surface area contributed by atoms with Crippen molar-refractivity contribution in [1.29, 1.82) is 0 Å². The normalized spacial score (nSPS) is 10.4. The Hall–Kier alpha value is -1.27. The Bertz CT molecular complexity index is 274. The number of aliphatic hydroxyl groups excluding tert-OH is 1. The number of aliphatic hydroxyl groups is 1. The van der Waals surface area contributed by atoms with E-state index < -0.39 is 0 Å². The number of rotatable bonds is 6. The standard InChI is InChI=1S/C8H16N4O2/c1-14-5-3-12-8(10-2-4-13)7(9)6-11-12/h6,10,13H,2-5,9H2,1H3. The van der Waals surface area contributed by atoms with E-state index in [2.05, 4.69) is 10.4 Å². The summed E-state index contributed by atoms with van der Waals surface area (Å²) in [6.45, 7) is 1.74. The largest absolute Gasteiger partial charge is 0.395 e. The lowest BCUT2D eigenvalue weighted by Crippen LogP contribution is -2.14. The van der Waals surface area contributed by atoms with Gasteiger partial charge in [-0.05, 0) is 0 Å². The van der Waals surface area contributed by atoms with Gasteiger partial charge in [-0.1, -0.05) is 0 Å². The van der Waals surface area contributed by atoms with Crippen LogP contribution in [0.15, 0.2) is 6.20 Å². The maximum Gasteiger partial charge on any atom is 0.147 e. The first-order valence-corrected chi connectivity index (χ1v) is 4.44. The first-order chi connectivity index (χ1) is 6.79. The molecule has 1 aromatic heterocycles. The van der Waals surface area contributed by atoms with Gasteiger partial charge in [0.2, 0.25) is 0 Å². The van der Waals surface area contributed by atoms with Crippen molar-refractivity contribution in [2.24, 2.45) is 0 Å². The highest BCUT2D eigenvalue weighted by atomic mass is 16.5. The molecule has 80 valence electrons. The van der Waals surface area contributed by atoms with Crippen LogP contribution in [0, 0.1) is 0 Å². The molecular formula is C8H16N4O2. The number of nitrogens with zero attached hydrogens (tertiary/aromatic N) is 2. The Morgan fingerprint density at radius 2 is 2.50 bits per heavy atom. The summed E-state index contributed by atoms with van der Waals surface area (Å²) in [5.41, 5.74) is 6.26. The Labute approximate surface area is 82.7 Å². The van der Waals surface area contributed by atoms with Crippen LogP contribution in [0.3, 0.4) is 0 Å². The van der Waals surface area contributed by atoms with E-state index in [-0.39, 0.29) is 6.61 Å². The van der Waals surface area contributed by atoms with E-state index in [1.54, 1.807) is 18.0 Å². The smallest absolute Gasteiger partial charge is 0.147 e. The molecule has 0 aliphatic rings. The predicted molar refractivity (Wildman–Crippen MR) is 54.1 cm³/mol. The van der Waals surface area contributed by atoms with Crippen molar-refractivity contribution in [3.05, 3.63) is 6.20 Å². The molecule has 0 unspecified atom stereocenters. The van der Waals surface area contributed by atoms with Crippen molar-refractivity contribution in [2.45, 2.75) is 6.54 Å². The second-order valence-corrected chi connectivity index (χ2v) is 2.81. The highest BCUT2D eigenvalue weighted by molar-refractivity contribution is 5.60. The van der Waals surface area contributed by atoms with Gasteiger partial charge in [0.1, 0.15) is 5.82 Å². The fraction of sp³-hybridized carbons (Fsp3) is 0.625. The first-order valence-electron chi connectivity index (χ1n) is 4.44. The zero-order valence-electron chi connectivity index (χ0n) is 8.23. The van der Waals surface area contributed by atoms with Crippen LogP contribution in [0.1, 0.15) is 0 Å². The molecular weight excluding hydrogens is 184 g/mol. The van der Waals surface area contributed by atoms with Crippen LogP contribution in [-0.4, -0.2) is 41.8 Å². The molecule has 0 aliphatic carbocycles. The molecule has 1 heterocycles. The number of aromatic nitrogens is 2. The van der Waals surface area contributed by atoms with Crippen LogP contribution < -0.4 is 11.1 Å². The Morgan fingerprint density at radius 1 is 1.71 bits per heavy atom. The second-order valence-electron chi connectivity index (χ2n) is 2.81. The quantitative estimate of drug-likeness (QED) is 0.577. The van der Waals surface area contributed by atoms with E-state index in [0.717, 1.165) is 5.82 Å². The SMILES string of the molecule is COCCn1ncc(N)c1NCCO. The Morgan fingerprint density at radius 3 is 3.14 bits per heavy atom. The number of ether oxygens (including phenoxy) is 1. The van der Waals surface area contributed by atoms with E-state index in [0.29, 0.717) is 25.4 Å². The summed E-state index contributed by atoms with van der Waals surface area (Å²) in [6, 6.07) is 0. The Kier molecular flexibility index (Phi) is 4.21. The molecule has 0 radical (unpaired) electrons. The molecule has 0 spiro atoms. The molecule has 0 saturated carbocycles. The van der Waals surface area contributed by atoms with E-state index in [4.69, 9.17) is 15.6 Å². The van der Waals surface area contributed by atoms with E-state index in [1.807, 2.05) is 0 Å². The number of nitrogens with two attached hydrogens (primary N) is 1. The van der Waals surface area contributed by atoms with Gasteiger partial charge in [0.15, 0.2) is 0 Å². The number of nitrogen functional groups attached to an aromatic ring is 1. The van der Waals surface area contributed by atoms with E-state index in [9.17, 15) is 0 Å². The fourth-order valence-electron chi connectivity index (χ4n) is 1.11. The summed E-state index contributed by atoms with van der Waals surface area (Å²) in [5.74, 6) is 0.733. The minimum atomic E-state index is 0.0644. The topological polar surface area (TPSA) is 85.3 Å². The monoisotopic (exact) mass is 200 g/mol. The van der Waals surface area contributed by atoms with Gasteiger partial charge >= 0.3 is 0 Å². The molecule has 14 heavy (non-hydrogen) atoms. The number of nitrogens with one attached hydrogen (secondary N) is 1. The summed E-state index contributed by atoms with van der Waals surface area (Å²) >= 11 is 0. The van der Waals surface area contributed by atoms with Crippen molar-refractivity contribution in [3.8, 4) is 0 Å². The highest BCUT2D eigenvalue weighted by Gasteiger charge is 2.06. The summed E-state index contributed by atoms with van der Waals surface area (Å²) in [6.07, 6.45) is 1.58. The fourth-order valence-corrected chi connectivity index (χ4v) is 1.11. The third kappa shape index (κ3) is 2.61. The zero-order chi connectivity index (χ0) is 10.4. The summed E-state index contributed by atoms with van der Waals surface area (Å²) in [4.78, 5) is 0. The van der Waals surface area contributed by atoms with Crippen LogP contribution in [0.4, 0.5) is 11.5 Å². The zero-order valence-corrected chi connectivity index (χ0v) is 8.23. The number of hydrogen-bond donors (Lipinski definition) is 3. The molecule has 0 amide bonds. The molecule has 0 aliphatic heterocycles. The van der Waals surface area contributed by atoms with Crippen molar-refractivity contribution >= 4 is 11.5 Å². The van der Waals surface area contributed by atoms with Gasteiger partial charge in [-0.3, -0.25) is 0 Å². The maximum absolute atomic E-state index is 8.67. The number of methoxy groups -OCH3 is 1. The van der Waals surface area contributed by atoms with Crippen LogP contribution in [-0.2, 0) is 11.3 Å². The van der Waals surface area contributed by atoms with Gasteiger partial charge < -0.3 is 20.9 Å². The Balaban J connectivity index is 2.62. The highest BCUT2D eigenvalue weighted by Crippen LogP contribution is 2.16. The van der Waals surface area contributed by atoms with Crippen LogP contribution >= 0.6 is 0 Å². The van der Waals surface area contributed by atoms with Crippen molar-refractivity contribution in [2.75, 3.05) is 37.9 Å². The van der Waals surface area contributed by atoms with Gasteiger partial charge in [0, 0.05) is 13.7 Å². The van der Waals surface area contributed by atoms with Gasteiger partial charge in [-0.15, -0.1) is 0 Å². The van der Waals surface area contributed by atoms with Gasteiger partial charge in [-0.25, -0.2) is 4.68 Å².